The number of nitrogens with one attached hydrogen (secondary N) is 1. The number of nitrogens with two attached hydrogens (primary N) is 1. The van der Waals surface area contributed by atoms with Gasteiger partial charge in [-0.2, -0.15) is 0 Å². The number of aliphatic hydroxyl groups excluding tert-OH is 2. The van der Waals surface area contributed by atoms with Crippen LogP contribution in [0.25, 0.3) is 0 Å². The van der Waals surface area contributed by atoms with Gasteiger partial charge in [0.15, 0.2) is 0 Å². The summed E-state index contributed by atoms with van der Waals surface area (Å²) in [6.07, 6.45) is 1.09. The van der Waals surface area contributed by atoms with Crippen molar-refractivity contribution in [3.63, 3.8) is 0 Å². The molecule has 0 spiro atoms. The van der Waals surface area contributed by atoms with Crippen LogP contribution in [0.15, 0.2) is 24.8 Å². The van der Waals surface area contributed by atoms with Gasteiger partial charge >= 0.3 is 0 Å². The number of rotatable bonds is 4. The van der Waals surface area contributed by atoms with E-state index >= 15 is 0 Å². The van der Waals surface area contributed by atoms with E-state index in [-0.39, 0.29) is 24.8 Å². The largest absolute Gasteiger partial charge is 0.391 e. The molecule has 0 aromatic heterocycles. The third-order valence-corrected chi connectivity index (χ3v) is 0.978. The maximum absolute atomic E-state index is 10.0. The molecule has 0 atom stereocenters. The smallest absolute Gasteiger partial charge is 0.246 e. The Morgan fingerprint density at radius 1 is 1.43 bits per heavy atom. The third kappa shape index (κ3) is 10.3. The first-order valence-electron chi connectivity index (χ1n) is 3.59. The van der Waals surface area contributed by atoms with Gasteiger partial charge in [0.2, 0.25) is 11.8 Å². The molecule has 0 aromatic carbocycles. The third-order valence-electron chi connectivity index (χ3n) is 0.978. The average Bonchev–Trinajstić information content (AvgIpc) is 2.17. The zero-order valence-electron chi connectivity index (χ0n) is 7.69. The number of hydrogen-bond acceptors (Lipinski definition) is 4. The molecule has 0 radical (unpaired) electrons. The maximum atomic E-state index is 10.0. The lowest BCUT2D eigenvalue weighted by Gasteiger charge is -1.89. The average molecular weight is 202 g/mol. The molecule has 0 fully saturated rings. The molecule has 80 valence electrons. The number of aliphatic hydroxyl groups is 2. The number of amides is 2. The highest BCUT2D eigenvalue weighted by atomic mass is 16.3. The van der Waals surface area contributed by atoms with E-state index in [0.717, 1.165) is 6.08 Å². The van der Waals surface area contributed by atoms with E-state index in [9.17, 15) is 9.59 Å². The van der Waals surface area contributed by atoms with Gasteiger partial charge in [-0.25, -0.2) is 0 Å². The predicted octanol–water partition coefficient (Wildman–Crippen LogP) is -1.74. The van der Waals surface area contributed by atoms with Gasteiger partial charge in [-0.15, -0.1) is 0 Å². The zero-order valence-corrected chi connectivity index (χ0v) is 7.69. The van der Waals surface area contributed by atoms with Crippen molar-refractivity contribution in [2.45, 2.75) is 0 Å². The van der Waals surface area contributed by atoms with Gasteiger partial charge in [-0.1, -0.05) is 13.2 Å². The number of primary amides is 1. The normalized spacial score (nSPS) is 7.86. The standard InChI is InChI=1S/2C4H7NO2/c1-3(2-6)4(5)7;1-2-4(7)5-3-6/h6H,1-2H2,(H2,5,7);2,6H,1,3H2,(H,5,7). The fraction of sp³-hybridized carbons (Fsp3) is 0.250. The fourth-order valence-electron chi connectivity index (χ4n) is 0.228. The molecule has 0 aliphatic rings. The monoisotopic (exact) mass is 202 g/mol. The van der Waals surface area contributed by atoms with Crippen LogP contribution in [0.4, 0.5) is 0 Å². The molecule has 0 heterocycles. The van der Waals surface area contributed by atoms with Gasteiger partial charge in [0, 0.05) is 5.57 Å². The van der Waals surface area contributed by atoms with Crippen molar-refractivity contribution >= 4 is 11.8 Å². The Labute approximate surface area is 81.7 Å². The van der Waals surface area contributed by atoms with Crippen LogP contribution < -0.4 is 11.1 Å². The number of carbonyl (C=O) groups is 2. The van der Waals surface area contributed by atoms with Gasteiger partial charge in [0.25, 0.3) is 0 Å². The van der Waals surface area contributed by atoms with Crippen molar-refractivity contribution in [1.29, 1.82) is 0 Å². The Balaban J connectivity index is 0. The minimum atomic E-state index is -0.650. The first-order valence-corrected chi connectivity index (χ1v) is 3.59. The lowest BCUT2D eigenvalue weighted by Crippen LogP contribution is -2.20. The first-order chi connectivity index (χ1) is 6.49. The molecule has 6 heteroatoms. The van der Waals surface area contributed by atoms with Crippen molar-refractivity contribution in [2.24, 2.45) is 5.73 Å². The van der Waals surface area contributed by atoms with E-state index in [0.29, 0.717) is 0 Å². The number of carbonyl (C=O) groups excluding carboxylic acids is 2. The molecule has 0 saturated carbocycles. The summed E-state index contributed by atoms with van der Waals surface area (Å²) < 4.78 is 0. The van der Waals surface area contributed by atoms with Crippen molar-refractivity contribution in [1.82, 2.24) is 5.32 Å². The van der Waals surface area contributed by atoms with Crippen LogP contribution in [0.5, 0.6) is 0 Å². The van der Waals surface area contributed by atoms with Crippen LogP contribution in [0, 0.1) is 0 Å². The summed E-state index contributed by atoms with van der Waals surface area (Å²) in [5.74, 6) is -1.01. The Morgan fingerprint density at radius 2 is 1.93 bits per heavy atom. The summed E-state index contributed by atoms with van der Waals surface area (Å²) in [5.41, 5.74) is 4.69. The summed E-state index contributed by atoms with van der Waals surface area (Å²) >= 11 is 0. The highest BCUT2D eigenvalue weighted by molar-refractivity contribution is 5.91. The van der Waals surface area contributed by atoms with Crippen LogP contribution in [-0.4, -0.2) is 35.4 Å². The van der Waals surface area contributed by atoms with Crippen LogP contribution in [-0.2, 0) is 9.59 Å². The summed E-state index contributed by atoms with van der Waals surface area (Å²) in [4.78, 5) is 19.9. The molecule has 0 bridgehead atoms. The Kier molecular flexibility index (Phi) is 10.00. The molecule has 0 unspecified atom stereocenters. The lowest BCUT2D eigenvalue weighted by molar-refractivity contribution is -0.117. The second-order valence-corrected chi connectivity index (χ2v) is 2.03. The molecule has 0 aromatic rings. The Hall–Kier alpha value is -1.66. The van der Waals surface area contributed by atoms with Crippen LogP contribution in [0.2, 0.25) is 0 Å². The fourth-order valence-corrected chi connectivity index (χ4v) is 0.228. The van der Waals surface area contributed by atoms with Crippen molar-refractivity contribution in [3.8, 4) is 0 Å². The number of hydrogen-bond donors (Lipinski definition) is 4. The molecule has 6 nitrogen and oxygen atoms in total. The SMILES string of the molecule is C=C(CO)C(N)=O.C=CC(=O)NCO. The van der Waals surface area contributed by atoms with E-state index in [4.69, 9.17) is 10.2 Å². The van der Waals surface area contributed by atoms with Gasteiger partial charge in [0.05, 0.1) is 6.61 Å². The summed E-state index contributed by atoms with van der Waals surface area (Å²) in [6, 6.07) is 0. The Bertz CT molecular complexity index is 223. The van der Waals surface area contributed by atoms with Gasteiger partial charge in [-0.05, 0) is 6.08 Å². The van der Waals surface area contributed by atoms with Crippen molar-refractivity contribution < 1.29 is 19.8 Å². The second kappa shape index (κ2) is 9.43. The Morgan fingerprint density at radius 3 is 2.00 bits per heavy atom. The molecular weight excluding hydrogens is 188 g/mol. The van der Waals surface area contributed by atoms with Gasteiger partial charge in [0.1, 0.15) is 6.73 Å². The molecular formula is C8H14N2O4. The van der Waals surface area contributed by atoms with Crippen LogP contribution in [0.3, 0.4) is 0 Å². The summed E-state index contributed by atoms with van der Waals surface area (Å²) in [5, 5.41) is 18.2. The highest BCUT2D eigenvalue weighted by Crippen LogP contribution is 1.80. The highest BCUT2D eigenvalue weighted by Gasteiger charge is 1.94. The van der Waals surface area contributed by atoms with E-state index in [1.165, 1.54) is 0 Å². The summed E-state index contributed by atoms with van der Waals surface area (Å²) in [7, 11) is 0. The van der Waals surface area contributed by atoms with E-state index in [1.807, 2.05) is 0 Å². The molecule has 0 aliphatic carbocycles. The minimum Gasteiger partial charge on any atom is -0.391 e. The molecule has 0 aliphatic heterocycles. The van der Waals surface area contributed by atoms with Crippen molar-refractivity contribution in [2.75, 3.05) is 13.3 Å². The van der Waals surface area contributed by atoms with Crippen molar-refractivity contribution in [3.05, 3.63) is 24.8 Å². The zero-order chi connectivity index (χ0) is 11.6. The van der Waals surface area contributed by atoms with E-state index < -0.39 is 5.91 Å². The summed E-state index contributed by atoms with van der Waals surface area (Å²) in [6.45, 7) is 5.62. The van der Waals surface area contributed by atoms with Crippen LogP contribution >= 0.6 is 0 Å². The second-order valence-electron chi connectivity index (χ2n) is 2.03. The predicted molar refractivity (Wildman–Crippen MR) is 50.8 cm³/mol. The molecule has 2 amide bonds. The van der Waals surface area contributed by atoms with Gasteiger partial charge < -0.3 is 21.3 Å². The maximum Gasteiger partial charge on any atom is 0.246 e. The van der Waals surface area contributed by atoms with E-state index in [2.05, 4.69) is 24.2 Å². The minimum absolute atomic E-state index is 0.0417. The molecule has 0 rings (SSSR count). The first kappa shape index (κ1) is 14.8. The van der Waals surface area contributed by atoms with Gasteiger partial charge in [-0.3, -0.25) is 9.59 Å². The molecule has 5 N–H and O–H groups in total. The van der Waals surface area contributed by atoms with E-state index in [1.54, 1.807) is 0 Å². The molecule has 0 saturated heterocycles. The molecule has 14 heavy (non-hydrogen) atoms. The lowest BCUT2D eigenvalue weighted by atomic mass is 10.3. The topological polar surface area (TPSA) is 113 Å². The quantitative estimate of drug-likeness (QED) is 0.320. The van der Waals surface area contributed by atoms with Crippen LogP contribution in [0.1, 0.15) is 0 Å².